The van der Waals surface area contributed by atoms with Crippen molar-refractivity contribution < 1.29 is 23.4 Å². The first kappa shape index (κ1) is 10.7. The van der Waals surface area contributed by atoms with Gasteiger partial charge in [0.2, 0.25) is 10.0 Å². The first-order chi connectivity index (χ1) is 7.32. The Morgan fingerprint density at radius 3 is 2.56 bits per heavy atom. The number of sulfonamides is 1. The second-order valence-corrected chi connectivity index (χ2v) is 4.85. The molecular formula is C8H8N2O5S. The Balaban J connectivity index is 2.87. The summed E-state index contributed by atoms with van der Waals surface area (Å²) in [5, 5.41) is 26.0. The van der Waals surface area contributed by atoms with E-state index in [4.69, 9.17) is 5.14 Å². The lowest BCUT2D eigenvalue weighted by Gasteiger charge is -2.07. The SMILES string of the molecule is NS(=O)(=O)c1cc(O)c(O)c2c1CNC2=O. The van der Waals surface area contributed by atoms with Gasteiger partial charge in [0.15, 0.2) is 11.5 Å². The van der Waals surface area contributed by atoms with Crippen LogP contribution in [0.25, 0.3) is 0 Å². The monoisotopic (exact) mass is 244 g/mol. The zero-order chi connectivity index (χ0) is 12.1. The van der Waals surface area contributed by atoms with Crippen LogP contribution in [0.2, 0.25) is 0 Å². The molecule has 0 spiro atoms. The van der Waals surface area contributed by atoms with Gasteiger partial charge in [0.25, 0.3) is 5.91 Å². The van der Waals surface area contributed by atoms with Crippen LogP contribution >= 0.6 is 0 Å². The molecule has 0 aromatic heterocycles. The Morgan fingerprint density at radius 2 is 2.00 bits per heavy atom. The first-order valence-corrected chi connectivity index (χ1v) is 5.76. The minimum atomic E-state index is -4.05. The van der Waals surface area contributed by atoms with E-state index in [1.54, 1.807) is 0 Å². The molecule has 8 heteroatoms. The Kier molecular flexibility index (Phi) is 2.07. The summed E-state index contributed by atoms with van der Waals surface area (Å²) in [7, 11) is -4.05. The highest BCUT2D eigenvalue weighted by Crippen LogP contribution is 2.37. The van der Waals surface area contributed by atoms with Crippen molar-refractivity contribution >= 4 is 15.9 Å². The number of nitrogens with one attached hydrogen (secondary N) is 1. The molecule has 1 aromatic rings. The summed E-state index contributed by atoms with van der Waals surface area (Å²) >= 11 is 0. The smallest absolute Gasteiger partial charge is 0.255 e. The van der Waals surface area contributed by atoms with Crippen LogP contribution in [0.1, 0.15) is 15.9 Å². The van der Waals surface area contributed by atoms with Gasteiger partial charge in [-0.2, -0.15) is 0 Å². The predicted molar refractivity (Wildman–Crippen MR) is 52.3 cm³/mol. The zero-order valence-electron chi connectivity index (χ0n) is 7.89. The van der Waals surface area contributed by atoms with Crippen molar-refractivity contribution in [2.45, 2.75) is 11.4 Å². The van der Waals surface area contributed by atoms with Crippen LogP contribution in [0.3, 0.4) is 0 Å². The fourth-order valence-electron chi connectivity index (χ4n) is 1.60. The van der Waals surface area contributed by atoms with Crippen molar-refractivity contribution in [1.82, 2.24) is 5.32 Å². The number of hydrogen-bond acceptors (Lipinski definition) is 5. The van der Waals surface area contributed by atoms with Crippen molar-refractivity contribution in [1.29, 1.82) is 0 Å². The summed E-state index contributed by atoms with van der Waals surface area (Å²) < 4.78 is 22.4. The van der Waals surface area contributed by atoms with E-state index in [1.165, 1.54) is 0 Å². The van der Waals surface area contributed by atoms with Crippen molar-refractivity contribution in [2.75, 3.05) is 0 Å². The lowest BCUT2D eigenvalue weighted by molar-refractivity contribution is 0.0963. The van der Waals surface area contributed by atoms with Gasteiger partial charge in [0.1, 0.15) is 0 Å². The largest absolute Gasteiger partial charge is 0.504 e. The molecule has 0 saturated heterocycles. The van der Waals surface area contributed by atoms with Gasteiger partial charge in [-0.05, 0) is 0 Å². The van der Waals surface area contributed by atoms with Gasteiger partial charge >= 0.3 is 0 Å². The highest BCUT2D eigenvalue weighted by Gasteiger charge is 2.31. The topological polar surface area (TPSA) is 130 Å². The molecule has 0 aliphatic carbocycles. The van der Waals surface area contributed by atoms with Gasteiger partial charge < -0.3 is 15.5 Å². The molecule has 86 valence electrons. The fourth-order valence-corrected chi connectivity index (χ4v) is 2.40. The lowest BCUT2D eigenvalue weighted by atomic mass is 10.1. The third kappa shape index (κ3) is 1.39. The standard InChI is InChI=1S/C8H8N2O5S/c9-16(14,15)5-1-4(11)7(12)6-3(5)2-10-8(6)13/h1,11-12H,2H2,(H,10,13)(H2,9,14,15). The number of aromatic hydroxyl groups is 2. The van der Waals surface area contributed by atoms with Crippen LogP contribution in [0.4, 0.5) is 0 Å². The normalized spacial score (nSPS) is 14.7. The number of nitrogens with two attached hydrogens (primary N) is 1. The summed E-state index contributed by atoms with van der Waals surface area (Å²) in [6, 6.07) is 0.823. The molecule has 5 N–H and O–H groups in total. The minimum absolute atomic E-state index is 0.0478. The summed E-state index contributed by atoms with van der Waals surface area (Å²) in [4.78, 5) is 10.9. The maximum Gasteiger partial charge on any atom is 0.255 e. The van der Waals surface area contributed by atoms with Gasteiger partial charge in [-0.25, -0.2) is 13.6 Å². The molecule has 1 aliphatic heterocycles. The van der Waals surface area contributed by atoms with Crippen LogP contribution in [0.15, 0.2) is 11.0 Å². The molecule has 1 heterocycles. The number of rotatable bonds is 1. The van der Waals surface area contributed by atoms with E-state index in [0.717, 1.165) is 6.07 Å². The minimum Gasteiger partial charge on any atom is -0.504 e. The number of phenolic OH excluding ortho intramolecular Hbond substituents is 2. The van der Waals surface area contributed by atoms with E-state index >= 15 is 0 Å². The molecule has 16 heavy (non-hydrogen) atoms. The number of carbonyl (C=O) groups excluding carboxylic acids is 1. The summed E-state index contributed by atoms with van der Waals surface area (Å²) in [5.74, 6) is -1.98. The van der Waals surface area contributed by atoms with Crippen molar-refractivity contribution in [2.24, 2.45) is 5.14 Å². The number of hydrogen-bond donors (Lipinski definition) is 4. The first-order valence-electron chi connectivity index (χ1n) is 4.21. The van der Waals surface area contributed by atoms with E-state index in [2.05, 4.69) is 5.32 Å². The number of primary sulfonamides is 1. The lowest BCUT2D eigenvalue weighted by Crippen LogP contribution is -2.15. The number of benzene rings is 1. The van der Waals surface area contributed by atoms with E-state index in [9.17, 15) is 23.4 Å². The van der Waals surface area contributed by atoms with Crippen molar-refractivity contribution in [3.63, 3.8) is 0 Å². The second-order valence-electron chi connectivity index (χ2n) is 3.32. The number of phenols is 2. The summed E-state index contributed by atoms with van der Waals surface area (Å²) in [6.07, 6.45) is 0. The molecule has 0 atom stereocenters. The quantitative estimate of drug-likeness (QED) is 0.470. The molecule has 1 amide bonds. The Labute approximate surface area is 90.6 Å². The maximum atomic E-state index is 11.3. The molecule has 0 radical (unpaired) electrons. The molecule has 1 aromatic carbocycles. The molecule has 0 unspecified atom stereocenters. The number of carbonyl (C=O) groups is 1. The summed E-state index contributed by atoms with van der Waals surface area (Å²) in [5.41, 5.74) is -0.174. The van der Waals surface area contributed by atoms with Crippen LogP contribution in [-0.2, 0) is 16.6 Å². The second kappa shape index (κ2) is 3.09. The van der Waals surface area contributed by atoms with Crippen molar-refractivity contribution in [3.05, 3.63) is 17.2 Å². The predicted octanol–water partition coefficient (Wildman–Crippen LogP) is -1.01. The molecular weight excluding hydrogens is 236 g/mol. The molecule has 2 rings (SSSR count). The van der Waals surface area contributed by atoms with Gasteiger partial charge in [0, 0.05) is 18.2 Å². The van der Waals surface area contributed by atoms with Crippen LogP contribution in [0, 0.1) is 0 Å². The van der Waals surface area contributed by atoms with Crippen LogP contribution in [0.5, 0.6) is 11.5 Å². The molecule has 1 aliphatic rings. The Bertz CT molecular complexity index is 593. The maximum absolute atomic E-state index is 11.3. The van der Waals surface area contributed by atoms with Gasteiger partial charge in [-0.15, -0.1) is 0 Å². The fraction of sp³-hybridized carbons (Fsp3) is 0.125. The van der Waals surface area contributed by atoms with Gasteiger partial charge in [0.05, 0.1) is 10.5 Å². The Hall–Kier alpha value is -1.80. The van der Waals surface area contributed by atoms with Gasteiger partial charge in [-0.3, -0.25) is 4.79 Å². The highest BCUT2D eigenvalue weighted by molar-refractivity contribution is 7.89. The van der Waals surface area contributed by atoms with Crippen LogP contribution in [-0.4, -0.2) is 24.5 Å². The third-order valence-corrected chi connectivity index (χ3v) is 3.28. The average Bonchev–Trinajstić information content (AvgIpc) is 2.52. The highest BCUT2D eigenvalue weighted by atomic mass is 32.2. The molecule has 0 saturated carbocycles. The van der Waals surface area contributed by atoms with E-state index in [-0.39, 0.29) is 22.6 Å². The Morgan fingerprint density at radius 1 is 1.38 bits per heavy atom. The number of fused-ring (bicyclic) bond motifs is 1. The molecule has 0 fully saturated rings. The number of amides is 1. The van der Waals surface area contributed by atoms with E-state index in [0.29, 0.717) is 0 Å². The molecule has 0 bridgehead atoms. The zero-order valence-corrected chi connectivity index (χ0v) is 8.71. The summed E-state index contributed by atoms with van der Waals surface area (Å²) in [6.45, 7) is -0.0478. The van der Waals surface area contributed by atoms with E-state index in [1.807, 2.05) is 0 Å². The molecule has 7 nitrogen and oxygen atoms in total. The van der Waals surface area contributed by atoms with Crippen LogP contribution < -0.4 is 10.5 Å². The van der Waals surface area contributed by atoms with E-state index < -0.39 is 27.4 Å². The van der Waals surface area contributed by atoms with Gasteiger partial charge in [-0.1, -0.05) is 0 Å². The van der Waals surface area contributed by atoms with Crippen molar-refractivity contribution in [3.8, 4) is 11.5 Å². The average molecular weight is 244 g/mol. The third-order valence-electron chi connectivity index (χ3n) is 2.31.